The van der Waals surface area contributed by atoms with Gasteiger partial charge >= 0.3 is 0 Å². The van der Waals surface area contributed by atoms with Crippen molar-refractivity contribution >= 4 is 56.4 Å². The number of nitrogens with zero attached hydrogens (tertiary/aromatic N) is 1. The summed E-state index contributed by atoms with van der Waals surface area (Å²) in [6.07, 6.45) is 2.43. The van der Waals surface area contributed by atoms with Crippen molar-refractivity contribution < 1.29 is 9.59 Å². The van der Waals surface area contributed by atoms with Crippen LogP contribution >= 0.6 is 38.9 Å². The van der Waals surface area contributed by atoms with Gasteiger partial charge in [-0.15, -0.1) is 11.3 Å². The van der Waals surface area contributed by atoms with Crippen molar-refractivity contribution in [3.8, 4) is 0 Å². The van der Waals surface area contributed by atoms with Gasteiger partial charge in [0, 0.05) is 21.8 Å². The highest BCUT2D eigenvalue weighted by molar-refractivity contribution is 9.10. The van der Waals surface area contributed by atoms with Gasteiger partial charge in [-0.1, -0.05) is 33.6 Å². The highest BCUT2D eigenvalue weighted by Gasteiger charge is 2.25. The first-order chi connectivity index (χ1) is 13.5. The number of amides is 2. The fourth-order valence-electron chi connectivity index (χ4n) is 3.25. The van der Waals surface area contributed by atoms with E-state index in [9.17, 15) is 9.59 Å². The fraction of sp³-hybridized carbons (Fsp3) is 0.400. The number of carbonyl (C=O) groups is 2. The van der Waals surface area contributed by atoms with E-state index in [1.807, 2.05) is 17.5 Å². The molecule has 0 unspecified atom stereocenters. The molecule has 0 aliphatic carbocycles. The molecule has 0 bridgehead atoms. The summed E-state index contributed by atoms with van der Waals surface area (Å²) in [6.45, 7) is 2.46. The van der Waals surface area contributed by atoms with Crippen LogP contribution in [0, 0.1) is 5.92 Å². The van der Waals surface area contributed by atoms with Crippen LogP contribution in [-0.2, 0) is 16.0 Å². The second-order valence-corrected chi connectivity index (χ2v) is 9.20. The van der Waals surface area contributed by atoms with Gasteiger partial charge in [-0.25, -0.2) is 0 Å². The van der Waals surface area contributed by atoms with E-state index in [-0.39, 0.29) is 17.7 Å². The Bertz CT molecular complexity index is 808. The number of likely N-dealkylation sites (tertiary alicyclic amines) is 1. The number of piperidine rings is 1. The third kappa shape index (κ3) is 6.30. The summed E-state index contributed by atoms with van der Waals surface area (Å²) in [7, 11) is 0. The van der Waals surface area contributed by atoms with E-state index in [1.165, 1.54) is 4.88 Å². The number of hydrogen-bond donors (Lipinski definition) is 2. The van der Waals surface area contributed by atoms with Crippen LogP contribution in [-0.4, -0.2) is 42.9 Å². The summed E-state index contributed by atoms with van der Waals surface area (Å²) in [6, 6.07) is 9.47. The van der Waals surface area contributed by atoms with Crippen molar-refractivity contribution in [2.24, 2.45) is 5.92 Å². The van der Waals surface area contributed by atoms with E-state index >= 15 is 0 Å². The number of hydrogen-bond acceptors (Lipinski definition) is 4. The zero-order valence-corrected chi connectivity index (χ0v) is 18.6. The zero-order valence-electron chi connectivity index (χ0n) is 15.4. The van der Waals surface area contributed by atoms with Crippen LogP contribution in [0.25, 0.3) is 0 Å². The van der Waals surface area contributed by atoms with Gasteiger partial charge in [-0.2, -0.15) is 0 Å². The van der Waals surface area contributed by atoms with Gasteiger partial charge in [-0.3, -0.25) is 14.5 Å². The predicted octanol–water partition coefficient (Wildman–Crippen LogP) is 4.17. The van der Waals surface area contributed by atoms with Crippen LogP contribution in [0.2, 0.25) is 5.02 Å². The Morgan fingerprint density at radius 2 is 2.04 bits per heavy atom. The van der Waals surface area contributed by atoms with Gasteiger partial charge in [0.25, 0.3) is 0 Å². The van der Waals surface area contributed by atoms with E-state index in [2.05, 4.69) is 37.5 Å². The van der Waals surface area contributed by atoms with Crippen LogP contribution in [0.1, 0.15) is 17.7 Å². The standard InChI is InChI=1S/C20H23BrClN3O2S/c21-15-3-4-18(17(22)12-15)24-19(26)13-25-9-6-14(7-10-25)20(27)23-8-5-16-2-1-11-28-16/h1-4,11-12,14H,5-10,13H2,(H,23,27)(H,24,26). The van der Waals surface area contributed by atoms with Crippen LogP contribution < -0.4 is 10.6 Å². The van der Waals surface area contributed by atoms with Crippen LogP contribution in [0.15, 0.2) is 40.2 Å². The lowest BCUT2D eigenvalue weighted by Crippen LogP contribution is -2.43. The molecule has 5 nitrogen and oxygen atoms in total. The highest BCUT2D eigenvalue weighted by Crippen LogP contribution is 2.25. The summed E-state index contributed by atoms with van der Waals surface area (Å²) in [4.78, 5) is 28.0. The molecule has 1 saturated heterocycles. The molecule has 2 N–H and O–H groups in total. The number of halogens is 2. The Balaban J connectivity index is 1.37. The van der Waals surface area contributed by atoms with Crippen molar-refractivity contribution in [1.29, 1.82) is 0 Å². The van der Waals surface area contributed by atoms with Gasteiger partial charge in [0.1, 0.15) is 0 Å². The van der Waals surface area contributed by atoms with E-state index in [0.29, 0.717) is 23.8 Å². The molecule has 2 heterocycles. The van der Waals surface area contributed by atoms with Gasteiger partial charge in [0.2, 0.25) is 11.8 Å². The first-order valence-corrected chi connectivity index (χ1v) is 11.3. The predicted molar refractivity (Wildman–Crippen MR) is 118 cm³/mol. The minimum Gasteiger partial charge on any atom is -0.355 e. The van der Waals surface area contributed by atoms with Crippen LogP contribution in [0.3, 0.4) is 0 Å². The maximum absolute atomic E-state index is 12.3. The number of thiophene rings is 1. The molecule has 0 atom stereocenters. The van der Waals surface area contributed by atoms with Gasteiger partial charge in [-0.05, 0) is 62.0 Å². The molecular formula is C20H23BrClN3O2S. The molecule has 0 saturated carbocycles. The zero-order chi connectivity index (χ0) is 19.9. The van der Waals surface area contributed by atoms with Crippen molar-refractivity contribution in [2.75, 3.05) is 31.5 Å². The van der Waals surface area contributed by atoms with Gasteiger partial charge < -0.3 is 10.6 Å². The molecule has 2 aromatic rings. The van der Waals surface area contributed by atoms with Crippen molar-refractivity contribution in [3.63, 3.8) is 0 Å². The average Bonchev–Trinajstić information content (AvgIpc) is 3.18. The lowest BCUT2D eigenvalue weighted by atomic mass is 9.96. The Hall–Kier alpha value is -1.41. The molecule has 1 aliphatic heterocycles. The molecule has 1 aliphatic rings. The average molecular weight is 485 g/mol. The maximum Gasteiger partial charge on any atom is 0.238 e. The van der Waals surface area contributed by atoms with Gasteiger partial charge in [0.15, 0.2) is 0 Å². The Kier molecular flexibility index (Phi) is 7.91. The molecule has 0 spiro atoms. The summed E-state index contributed by atoms with van der Waals surface area (Å²) in [5, 5.41) is 8.44. The molecule has 28 heavy (non-hydrogen) atoms. The summed E-state index contributed by atoms with van der Waals surface area (Å²) >= 11 is 11.2. The molecular weight excluding hydrogens is 462 g/mol. The van der Waals surface area contributed by atoms with Crippen molar-refractivity contribution in [1.82, 2.24) is 10.2 Å². The first kappa shape index (κ1) is 21.3. The minimum absolute atomic E-state index is 0.0311. The molecule has 1 fully saturated rings. The normalized spacial score (nSPS) is 15.4. The summed E-state index contributed by atoms with van der Waals surface area (Å²) in [5.41, 5.74) is 0.606. The molecule has 0 radical (unpaired) electrons. The number of benzene rings is 1. The van der Waals surface area contributed by atoms with Crippen LogP contribution in [0.4, 0.5) is 5.69 Å². The van der Waals surface area contributed by atoms with Gasteiger partial charge in [0.05, 0.1) is 17.3 Å². The Morgan fingerprint density at radius 1 is 1.25 bits per heavy atom. The number of rotatable bonds is 7. The lowest BCUT2D eigenvalue weighted by Gasteiger charge is -2.30. The first-order valence-electron chi connectivity index (χ1n) is 9.28. The maximum atomic E-state index is 12.3. The Labute approximate surface area is 182 Å². The van der Waals surface area contributed by atoms with E-state index in [0.717, 1.165) is 36.8 Å². The smallest absolute Gasteiger partial charge is 0.238 e. The SMILES string of the molecule is O=C(CN1CCC(C(=O)NCCc2cccs2)CC1)Nc1ccc(Br)cc1Cl. The largest absolute Gasteiger partial charge is 0.355 e. The van der Waals surface area contributed by atoms with E-state index in [4.69, 9.17) is 11.6 Å². The minimum atomic E-state index is -0.0944. The third-order valence-corrected chi connectivity index (χ3v) is 6.52. The molecule has 2 amide bonds. The molecule has 1 aromatic carbocycles. The monoisotopic (exact) mass is 483 g/mol. The topological polar surface area (TPSA) is 61.4 Å². The highest BCUT2D eigenvalue weighted by atomic mass is 79.9. The number of nitrogens with one attached hydrogen (secondary N) is 2. The van der Waals surface area contributed by atoms with Crippen molar-refractivity contribution in [2.45, 2.75) is 19.3 Å². The summed E-state index contributed by atoms with van der Waals surface area (Å²) in [5.74, 6) is 0.0638. The van der Waals surface area contributed by atoms with Crippen molar-refractivity contribution in [3.05, 3.63) is 50.1 Å². The quantitative estimate of drug-likeness (QED) is 0.620. The second kappa shape index (κ2) is 10.4. The molecule has 150 valence electrons. The fourth-order valence-corrected chi connectivity index (χ4v) is 4.67. The number of anilines is 1. The lowest BCUT2D eigenvalue weighted by molar-refractivity contribution is -0.126. The third-order valence-electron chi connectivity index (χ3n) is 4.78. The van der Waals surface area contributed by atoms with E-state index < -0.39 is 0 Å². The van der Waals surface area contributed by atoms with Crippen LogP contribution in [0.5, 0.6) is 0 Å². The second-order valence-electron chi connectivity index (χ2n) is 6.84. The van der Waals surface area contributed by atoms with E-state index in [1.54, 1.807) is 23.5 Å². The number of carbonyl (C=O) groups excluding carboxylic acids is 2. The molecule has 1 aromatic heterocycles. The Morgan fingerprint density at radius 3 is 2.71 bits per heavy atom. The summed E-state index contributed by atoms with van der Waals surface area (Å²) < 4.78 is 0.867. The molecule has 3 rings (SSSR count). The molecule has 8 heteroatoms.